The standard InChI is InChI=1S/C26H35BrN2O3S/c1-4-5-6-7-8-16-31-22-12-10-21(11-13-22)28-26(33)29-25(30)23-18-20(27)9-14-24(23)32-17-15-19(2)3/h9-14,18-19H,4-8,15-17H2,1-3H3,(H2,28,29,30,33). The molecule has 0 heterocycles. The number of thiocarbonyl (C=S) groups is 1. The third-order valence-corrected chi connectivity index (χ3v) is 5.69. The molecule has 0 spiro atoms. The number of hydrogen-bond donors (Lipinski definition) is 2. The van der Waals surface area contributed by atoms with E-state index in [1.165, 1.54) is 25.7 Å². The molecule has 0 atom stereocenters. The first-order chi connectivity index (χ1) is 15.9. The molecule has 0 aliphatic rings. The van der Waals surface area contributed by atoms with Crippen LogP contribution in [0.5, 0.6) is 11.5 Å². The van der Waals surface area contributed by atoms with Crippen molar-refractivity contribution in [3.05, 3.63) is 52.5 Å². The van der Waals surface area contributed by atoms with E-state index in [1.807, 2.05) is 30.3 Å². The number of rotatable bonds is 13. The summed E-state index contributed by atoms with van der Waals surface area (Å²) >= 11 is 8.76. The van der Waals surface area contributed by atoms with Crippen LogP contribution in [0.2, 0.25) is 0 Å². The molecular weight excluding hydrogens is 500 g/mol. The van der Waals surface area contributed by atoms with Gasteiger partial charge in [0, 0.05) is 10.2 Å². The highest BCUT2D eigenvalue weighted by molar-refractivity contribution is 9.10. The van der Waals surface area contributed by atoms with E-state index in [4.69, 9.17) is 21.7 Å². The van der Waals surface area contributed by atoms with Gasteiger partial charge in [0.05, 0.1) is 18.8 Å². The van der Waals surface area contributed by atoms with Crippen molar-refractivity contribution in [1.82, 2.24) is 5.32 Å². The normalized spacial score (nSPS) is 10.7. The highest BCUT2D eigenvalue weighted by atomic mass is 79.9. The monoisotopic (exact) mass is 534 g/mol. The molecule has 2 N–H and O–H groups in total. The van der Waals surface area contributed by atoms with Gasteiger partial charge in [0.1, 0.15) is 11.5 Å². The van der Waals surface area contributed by atoms with Gasteiger partial charge in [-0.3, -0.25) is 10.1 Å². The molecule has 0 saturated heterocycles. The van der Waals surface area contributed by atoms with E-state index in [1.54, 1.807) is 12.1 Å². The Morgan fingerprint density at radius 2 is 1.73 bits per heavy atom. The number of benzene rings is 2. The molecule has 0 aliphatic heterocycles. The summed E-state index contributed by atoms with van der Waals surface area (Å²) in [5, 5.41) is 6.00. The van der Waals surface area contributed by atoms with Crippen molar-refractivity contribution < 1.29 is 14.3 Å². The Morgan fingerprint density at radius 1 is 1.00 bits per heavy atom. The van der Waals surface area contributed by atoms with Crippen molar-refractivity contribution in [3.8, 4) is 11.5 Å². The smallest absolute Gasteiger partial charge is 0.261 e. The Hall–Kier alpha value is -2.12. The average Bonchev–Trinajstić information content (AvgIpc) is 2.78. The van der Waals surface area contributed by atoms with Crippen molar-refractivity contribution >= 4 is 44.9 Å². The number of carbonyl (C=O) groups excluding carboxylic acids is 1. The predicted molar refractivity (Wildman–Crippen MR) is 143 cm³/mol. The van der Waals surface area contributed by atoms with E-state index in [-0.39, 0.29) is 11.0 Å². The van der Waals surface area contributed by atoms with Crippen LogP contribution in [0.3, 0.4) is 0 Å². The zero-order valence-corrected chi connectivity index (χ0v) is 22.2. The molecule has 2 aromatic carbocycles. The van der Waals surface area contributed by atoms with Crippen LogP contribution in [0.15, 0.2) is 46.9 Å². The van der Waals surface area contributed by atoms with Crippen LogP contribution < -0.4 is 20.1 Å². The fourth-order valence-corrected chi connectivity index (χ4v) is 3.64. The van der Waals surface area contributed by atoms with E-state index in [0.717, 1.165) is 35.4 Å². The van der Waals surface area contributed by atoms with Crippen LogP contribution in [0.4, 0.5) is 5.69 Å². The minimum absolute atomic E-state index is 0.220. The van der Waals surface area contributed by atoms with E-state index >= 15 is 0 Å². The summed E-state index contributed by atoms with van der Waals surface area (Å²) < 4.78 is 12.4. The summed E-state index contributed by atoms with van der Waals surface area (Å²) in [7, 11) is 0. The topological polar surface area (TPSA) is 59.6 Å². The van der Waals surface area contributed by atoms with Gasteiger partial charge >= 0.3 is 0 Å². The lowest BCUT2D eigenvalue weighted by Crippen LogP contribution is -2.34. The number of unbranched alkanes of at least 4 members (excludes halogenated alkanes) is 4. The average molecular weight is 536 g/mol. The van der Waals surface area contributed by atoms with E-state index in [0.29, 0.717) is 23.8 Å². The van der Waals surface area contributed by atoms with E-state index in [9.17, 15) is 4.79 Å². The molecule has 0 radical (unpaired) electrons. The second-order valence-corrected chi connectivity index (χ2v) is 9.69. The molecule has 0 fully saturated rings. The molecule has 0 saturated carbocycles. The Bertz CT molecular complexity index is 888. The minimum atomic E-state index is -0.323. The van der Waals surface area contributed by atoms with Crippen LogP contribution in [-0.4, -0.2) is 24.2 Å². The van der Waals surface area contributed by atoms with Crippen molar-refractivity contribution in [1.29, 1.82) is 0 Å². The Labute approximate surface area is 211 Å². The quantitative estimate of drug-likeness (QED) is 0.207. The number of anilines is 1. The maximum absolute atomic E-state index is 12.8. The van der Waals surface area contributed by atoms with Gasteiger partial charge in [-0.2, -0.15) is 0 Å². The van der Waals surface area contributed by atoms with Gasteiger partial charge in [0.15, 0.2) is 5.11 Å². The van der Waals surface area contributed by atoms with Crippen LogP contribution in [0.1, 0.15) is 69.7 Å². The van der Waals surface area contributed by atoms with Crippen LogP contribution in [0, 0.1) is 5.92 Å². The fraction of sp³-hybridized carbons (Fsp3) is 0.462. The number of nitrogens with one attached hydrogen (secondary N) is 2. The Kier molecular flexibility index (Phi) is 12.3. The molecule has 2 rings (SSSR count). The molecular formula is C26H35BrN2O3S. The maximum Gasteiger partial charge on any atom is 0.261 e. The first-order valence-electron chi connectivity index (χ1n) is 11.7. The van der Waals surface area contributed by atoms with Crippen molar-refractivity contribution in [2.75, 3.05) is 18.5 Å². The highest BCUT2D eigenvalue weighted by Gasteiger charge is 2.15. The lowest BCUT2D eigenvalue weighted by atomic mass is 10.1. The van der Waals surface area contributed by atoms with E-state index in [2.05, 4.69) is 47.3 Å². The van der Waals surface area contributed by atoms with E-state index < -0.39 is 0 Å². The highest BCUT2D eigenvalue weighted by Crippen LogP contribution is 2.24. The zero-order chi connectivity index (χ0) is 24.1. The lowest BCUT2D eigenvalue weighted by Gasteiger charge is -2.14. The van der Waals surface area contributed by atoms with Crippen LogP contribution >= 0.6 is 28.1 Å². The number of hydrogen-bond acceptors (Lipinski definition) is 4. The molecule has 2 aromatic rings. The molecule has 1 amide bonds. The summed E-state index contributed by atoms with van der Waals surface area (Å²) in [6.45, 7) is 7.76. The van der Waals surface area contributed by atoms with Crippen LogP contribution in [-0.2, 0) is 0 Å². The van der Waals surface area contributed by atoms with Gasteiger partial charge in [-0.15, -0.1) is 0 Å². The maximum atomic E-state index is 12.8. The molecule has 7 heteroatoms. The molecule has 0 unspecified atom stereocenters. The number of amides is 1. The second kappa shape index (κ2) is 14.9. The molecule has 0 aliphatic carbocycles. The summed E-state index contributed by atoms with van der Waals surface area (Å²) in [6, 6.07) is 12.9. The molecule has 180 valence electrons. The first-order valence-corrected chi connectivity index (χ1v) is 12.9. The minimum Gasteiger partial charge on any atom is -0.494 e. The third-order valence-electron chi connectivity index (χ3n) is 4.99. The number of carbonyl (C=O) groups is 1. The molecule has 33 heavy (non-hydrogen) atoms. The first kappa shape index (κ1) is 27.1. The van der Waals surface area contributed by atoms with Crippen molar-refractivity contribution in [2.45, 2.75) is 59.3 Å². The van der Waals surface area contributed by atoms with Gasteiger partial charge < -0.3 is 14.8 Å². The van der Waals surface area contributed by atoms with Gasteiger partial charge in [0.2, 0.25) is 0 Å². The Balaban J connectivity index is 1.85. The molecule has 0 aromatic heterocycles. The summed E-state index contributed by atoms with van der Waals surface area (Å²) in [4.78, 5) is 12.8. The number of halogens is 1. The fourth-order valence-electron chi connectivity index (χ4n) is 3.07. The molecule has 5 nitrogen and oxygen atoms in total. The summed E-state index contributed by atoms with van der Waals surface area (Å²) in [5.74, 6) is 1.56. The van der Waals surface area contributed by atoms with Gasteiger partial charge in [0.25, 0.3) is 5.91 Å². The van der Waals surface area contributed by atoms with Gasteiger partial charge in [-0.05, 0) is 73.4 Å². The zero-order valence-electron chi connectivity index (χ0n) is 19.8. The third kappa shape index (κ3) is 10.6. The second-order valence-electron chi connectivity index (χ2n) is 8.37. The van der Waals surface area contributed by atoms with Gasteiger partial charge in [-0.1, -0.05) is 62.4 Å². The van der Waals surface area contributed by atoms with Crippen molar-refractivity contribution in [2.24, 2.45) is 5.92 Å². The Morgan fingerprint density at radius 3 is 2.42 bits per heavy atom. The van der Waals surface area contributed by atoms with Gasteiger partial charge in [-0.25, -0.2) is 0 Å². The van der Waals surface area contributed by atoms with Crippen molar-refractivity contribution in [3.63, 3.8) is 0 Å². The van der Waals surface area contributed by atoms with Crippen LogP contribution in [0.25, 0.3) is 0 Å². The molecule has 0 bridgehead atoms. The lowest BCUT2D eigenvalue weighted by molar-refractivity contribution is 0.0973. The summed E-state index contributed by atoms with van der Waals surface area (Å²) in [6.07, 6.45) is 6.96. The largest absolute Gasteiger partial charge is 0.494 e. The SMILES string of the molecule is CCCCCCCOc1ccc(NC(=S)NC(=O)c2cc(Br)ccc2OCCC(C)C)cc1. The number of ether oxygens (including phenoxy) is 2. The predicted octanol–water partition coefficient (Wildman–Crippen LogP) is 7.35. The summed E-state index contributed by atoms with van der Waals surface area (Å²) in [5.41, 5.74) is 1.21.